The van der Waals surface area contributed by atoms with Crippen molar-refractivity contribution in [3.63, 3.8) is 0 Å². The third kappa shape index (κ3) is 5.59. The number of aromatic nitrogens is 1. The molecule has 0 atom stereocenters. The fourth-order valence-electron chi connectivity index (χ4n) is 2.57. The minimum Gasteiger partial charge on any atom is -0.493 e. The zero-order valence-electron chi connectivity index (χ0n) is 16.2. The minimum atomic E-state index is -0.547. The summed E-state index contributed by atoms with van der Waals surface area (Å²) in [6, 6.07) is 16.2. The number of rotatable bonds is 8. The van der Waals surface area contributed by atoms with E-state index in [4.69, 9.17) is 18.9 Å². The number of methoxy groups -OCH3 is 2. The predicted molar refractivity (Wildman–Crippen MR) is 110 cm³/mol. The quantitative estimate of drug-likeness (QED) is 0.422. The van der Waals surface area contributed by atoms with Gasteiger partial charge in [0.1, 0.15) is 0 Å². The molecule has 0 aliphatic carbocycles. The van der Waals surface area contributed by atoms with E-state index in [1.54, 1.807) is 42.7 Å². The molecule has 0 N–H and O–H groups in total. The van der Waals surface area contributed by atoms with Crippen molar-refractivity contribution < 1.29 is 23.7 Å². The molecule has 148 valence electrons. The highest BCUT2D eigenvalue weighted by Crippen LogP contribution is 2.29. The van der Waals surface area contributed by atoms with Crippen LogP contribution in [0.2, 0.25) is 0 Å². The summed E-state index contributed by atoms with van der Waals surface area (Å²) < 4.78 is 21.4. The molecule has 2 aromatic carbocycles. The Morgan fingerprint density at radius 3 is 2.24 bits per heavy atom. The summed E-state index contributed by atoms with van der Waals surface area (Å²) in [5.41, 5.74) is 1.94. The predicted octanol–water partition coefficient (Wildman–Crippen LogP) is 4.25. The second-order valence-electron chi connectivity index (χ2n) is 5.94. The third-order valence-corrected chi connectivity index (χ3v) is 4.00. The highest BCUT2D eigenvalue weighted by molar-refractivity contribution is 5.76. The van der Waals surface area contributed by atoms with E-state index in [0.717, 1.165) is 11.1 Å². The van der Waals surface area contributed by atoms with Gasteiger partial charge >= 0.3 is 5.97 Å². The monoisotopic (exact) mass is 391 g/mol. The Kier molecular flexibility index (Phi) is 6.84. The van der Waals surface area contributed by atoms with Gasteiger partial charge in [-0.15, -0.1) is 0 Å². The third-order valence-electron chi connectivity index (χ3n) is 4.00. The van der Waals surface area contributed by atoms with Gasteiger partial charge in [-0.25, -0.2) is 4.79 Å². The highest BCUT2D eigenvalue weighted by Gasteiger charge is 2.12. The van der Waals surface area contributed by atoms with E-state index in [9.17, 15) is 4.79 Å². The van der Waals surface area contributed by atoms with Gasteiger partial charge in [0, 0.05) is 12.4 Å². The van der Waals surface area contributed by atoms with Gasteiger partial charge < -0.3 is 18.9 Å². The molecule has 0 radical (unpaired) electrons. The summed E-state index contributed by atoms with van der Waals surface area (Å²) in [6.45, 7) is -0.257. The van der Waals surface area contributed by atoms with Gasteiger partial charge in [0.25, 0.3) is 0 Å². The summed E-state index contributed by atoms with van der Waals surface area (Å²) in [6.07, 6.45) is 7.36. The van der Waals surface area contributed by atoms with Crippen LogP contribution < -0.4 is 18.9 Å². The molecule has 0 unspecified atom stereocenters. The van der Waals surface area contributed by atoms with E-state index in [0.29, 0.717) is 23.0 Å². The molecular formula is C23H21NO5. The second kappa shape index (κ2) is 9.94. The van der Waals surface area contributed by atoms with Crippen LogP contribution in [0.3, 0.4) is 0 Å². The van der Waals surface area contributed by atoms with Gasteiger partial charge in [-0.3, -0.25) is 4.98 Å². The molecule has 0 bridgehead atoms. The zero-order chi connectivity index (χ0) is 20.5. The Hall–Kier alpha value is -3.80. The zero-order valence-corrected chi connectivity index (χ0v) is 16.2. The molecule has 0 saturated heterocycles. The molecule has 3 aromatic rings. The van der Waals surface area contributed by atoms with Gasteiger partial charge in [-0.05, 0) is 47.5 Å². The van der Waals surface area contributed by atoms with E-state index in [1.165, 1.54) is 14.2 Å². The lowest BCUT2D eigenvalue weighted by Crippen LogP contribution is -2.18. The molecule has 0 aliphatic rings. The van der Waals surface area contributed by atoms with E-state index in [1.807, 2.05) is 36.4 Å². The van der Waals surface area contributed by atoms with E-state index < -0.39 is 5.97 Å². The SMILES string of the molecule is COc1ccccc1OCC(=O)Oc1ccc(/C=C/c2ccncc2)cc1OC. The Balaban J connectivity index is 1.64. The Morgan fingerprint density at radius 2 is 1.52 bits per heavy atom. The van der Waals surface area contributed by atoms with Crippen LogP contribution in [0, 0.1) is 0 Å². The van der Waals surface area contributed by atoms with Crippen LogP contribution in [-0.4, -0.2) is 31.8 Å². The maximum atomic E-state index is 12.2. The molecule has 6 nitrogen and oxygen atoms in total. The fraction of sp³-hybridized carbons (Fsp3) is 0.130. The summed E-state index contributed by atoms with van der Waals surface area (Å²) in [5, 5.41) is 0. The van der Waals surface area contributed by atoms with Crippen LogP contribution in [0.5, 0.6) is 23.0 Å². The number of hydrogen-bond donors (Lipinski definition) is 0. The number of para-hydroxylation sites is 2. The molecule has 6 heteroatoms. The molecule has 0 aliphatic heterocycles. The van der Waals surface area contributed by atoms with Crippen LogP contribution in [0.25, 0.3) is 12.2 Å². The van der Waals surface area contributed by atoms with Crippen molar-refractivity contribution in [2.45, 2.75) is 0 Å². The van der Waals surface area contributed by atoms with Crippen LogP contribution >= 0.6 is 0 Å². The molecular weight excluding hydrogens is 370 g/mol. The Labute approximate surface area is 169 Å². The number of hydrogen-bond acceptors (Lipinski definition) is 6. The maximum absolute atomic E-state index is 12.2. The first kappa shape index (κ1) is 19.9. The van der Waals surface area contributed by atoms with Crippen molar-refractivity contribution in [1.82, 2.24) is 4.98 Å². The van der Waals surface area contributed by atoms with Crippen LogP contribution in [-0.2, 0) is 4.79 Å². The molecule has 0 amide bonds. The Bertz CT molecular complexity index is 986. The van der Waals surface area contributed by atoms with Crippen molar-refractivity contribution in [2.24, 2.45) is 0 Å². The average molecular weight is 391 g/mol. The van der Waals surface area contributed by atoms with Crippen molar-refractivity contribution in [3.05, 3.63) is 78.1 Å². The molecule has 1 heterocycles. The standard InChI is InChI=1S/C23H21NO5/c1-26-19-5-3-4-6-20(19)28-16-23(25)29-21-10-9-18(15-22(21)27-2)8-7-17-11-13-24-14-12-17/h3-15H,16H2,1-2H3/b8-7+. The lowest BCUT2D eigenvalue weighted by Gasteiger charge is -2.12. The van der Waals surface area contributed by atoms with Crippen molar-refractivity contribution in [3.8, 4) is 23.0 Å². The number of ether oxygens (including phenoxy) is 4. The van der Waals surface area contributed by atoms with Crippen molar-refractivity contribution in [1.29, 1.82) is 0 Å². The number of carbonyl (C=O) groups excluding carboxylic acids is 1. The molecule has 0 spiro atoms. The first-order chi connectivity index (χ1) is 14.2. The van der Waals surface area contributed by atoms with E-state index >= 15 is 0 Å². The lowest BCUT2D eigenvalue weighted by atomic mass is 10.1. The number of pyridine rings is 1. The lowest BCUT2D eigenvalue weighted by molar-refractivity contribution is -0.136. The smallest absolute Gasteiger partial charge is 0.349 e. The minimum absolute atomic E-state index is 0.257. The summed E-state index contributed by atoms with van der Waals surface area (Å²) in [7, 11) is 3.06. The van der Waals surface area contributed by atoms with Gasteiger partial charge in [0.05, 0.1) is 14.2 Å². The molecule has 0 saturated carbocycles. The van der Waals surface area contributed by atoms with Gasteiger partial charge in [0.15, 0.2) is 29.6 Å². The summed E-state index contributed by atoms with van der Waals surface area (Å²) in [5.74, 6) is 1.24. The van der Waals surface area contributed by atoms with E-state index in [2.05, 4.69) is 4.98 Å². The maximum Gasteiger partial charge on any atom is 0.349 e. The number of carbonyl (C=O) groups is 1. The van der Waals surface area contributed by atoms with Gasteiger partial charge in [0.2, 0.25) is 0 Å². The summed E-state index contributed by atoms with van der Waals surface area (Å²) >= 11 is 0. The summed E-state index contributed by atoms with van der Waals surface area (Å²) in [4.78, 5) is 16.2. The first-order valence-corrected chi connectivity index (χ1v) is 8.92. The van der Waals surface area contributed by atoms with Gasteiger partial charge in [-0.1, -0.05) is 30.4 Å². The van der Waals surface area contributed by atoms with E-state index in [-0.39, 0.29) is 6.61 Å². The molecule has 29 heavy (non-hydrogen) atoms. The number of esters is 1. The highest BCUT2D eigenvalue weighted by atomic mass is 16.6. The average Bonchev–Trinajstić information content (AvgIpc) is 2.77. The molecule has 3 rings (SSSR count). The molecule has 0 fully saturated rings. The topological polar surface area (TPSA) is 66.9 Å². The normalized spacial score (nSPS) is 10.6. The fourth-order valence-corrected chi connectivity index (χ4v) is 2.57. The largest absolute Gasteiger partial charge is 0.493 e. The first-order valence-electron chi connectivity index (χ1n) is 8.92. The molecule has 1 aromatic heterocycles. The van der Waals surface area contributed by atoms with Gasteiger partial charge in [-0.2, -0.15) is 0 Å². The van der Waals surface area contributed by atoms with Crippen LogP contribution in [0.15, 0.2) is 67.0 Å². The number of nitrogens with zero attached hydrogens (tertiary/aromatic N) is 1. The van der Waals surface area contributed by atoms with Crippen LogP contribution in [0.4, 0.5) is 0 Å². The van der Waals surface area contributed by atoms with Crippen LogP contribution in [0.1, 0.15) is 11.1 Å². The van der Waals surface area contributed by atoms with Crippen molar-refractivity contribution >= 4 is 18.1 Å². The Morgan fingerprint density at radius 1 is 0.828 bits per heavy atom. The van der Waals surface area contributed by atoms with Crippen molar-refractivity contribution in [2.75, 3.05) is 20.8 Å². The number of benzene rings is 2. The second-order valence-corrected chi connectivity index (χ2v) is 5.94.